The lowest BCUT2D eigenvalue weighted by Gasteiger charge is -2.35. The molecule has 1 saturated heterocycles. The second-order valence-electron chi connectivity index (χ2n) is 4.87. The molecule has 0 bridgehead atoms. The Hall–Kier alpha value is -1.57. The van der Waals surface area contributed by atoms with Gasteiger partial charge in [0.2, 0.25) is 11.8 Å². The van der Waals surface area contributed by atoms with E-state index < -0.39 is 0 Å². The number of carbonyl (C=O) groups is 2. The largest absolute Gasteiger partial charge is 0.273 e. The van der Waals surface area contributed by atoms with Gasteiger partial charge in [-0.2, -0.15) is 0 Å². The summed E-state index contributed by atoms with van der Waals surface area (Å²) in [6.45, 7) is 0. The van der Waals surface area contributed by atoms with Crippen molar-refractivity contribution < 1.29 is 9.59 Å². The number of thiocarbonyl (C=S) groups is 1. The minimum absolute atomic E-state index is 0.163. The second-order valence-corrected chi connectivity index (χ2v) is 7.07. The number of hydrogen-bond donors (Lipinski definition) is 0. The summed E-state index contributed by atoms with van der Waals surface area (Å²) in [6, 6.07) is 14.4. The van der Waals surface area contributed by atoms with Crippen LogP contribution in [0.15, 0.2) is 57.5 Å². The Kier molecular flexibility index (Phi) is 4.61. The van der Waals surface area contributed by atoms with Gasteiger partial charge in [-0.3, -0.25) is 19.4 Å². The van der Waals surface area contributed by atoms with Crippen LogP contribution < -0.4 is 9.80 Å². The minimum Gasteiger partial charge on any atom is -0.273 e. The summed E-state index contributed by atoms with van der Waals surface area (Å²) in [6.07, 6.45) is -0.216. The Labute approximate surface area is 155 Å². The normalized spacial score (nSPS) is 15.3. The van der Waals surface area contributed by atoms with Gasteiger partial charge in [0.25, 0.3) is 0 Å². The van der Waals surface area contributed by atoms with Gasteiger partial charge in [-0.1, -0.05) is 31.9 Å². The van der Waals surface area contributed by atoms with Crippen molar-refractivity contribution in [1.29, 1.82) is 0 Å². The molecule has 0 N–H and O–H groups in total. The molecule has 1 fully saturated rings. The molecule has 0 saturated carbocycles. The van der Waals surface area contributed by atoms with Crippen molar-refractivity contribution in [2.24, 2.45) is 0 Å². The average Bonchev–Trinajstić information content (AvgIpc) is 2.50. The fourth-order valence-electron chi connectivity index (χ4n) is 2.29. The van der Waals surface area contributed by atoms with Crippen LogP contribution in [0.3, 0.4) is 0 Å². The average molecular weight is 454 g/mol. The molecular weight excluding hydrogens is 444 g/mol. The highest BCUT2D eigenvalue weighted by Gasteiger charge is 2.36. The van der Waals surface area contributed by atoms with Crippen LogP contribution in [0.4, 0.5) is 11.4 Å². The van der Waals surface area contributed by atoms with Gasteiger partial charge in [0.15, 0.2) is 5.11 Å². The van der Waals surface area contributed by atoms with Crippen LogP contribution in [0.2, 0.25) is 0 Å². The first-order valence-corrected chi connectivity index (χ1v) is 8.68. The summed E-state index contributed by atoms with van der Waals surface area (Å²) >= 11 is 12.1. The topological polar surface area (TPSA) is 40.6 Å². The summed E-state index contributed by atoms with van der Waals surface area (Å²) in [5, 5.41) is 0.163. The molecule has 2 amide bonds. The van der Waals surface area contributed by atoms with Crippen LogP contribution in [0.1, 0.15) is 6.42 Å². The third-order valence-electron chi connectivity index (χ3n) is 3.35. The first-order chi connectivity index (χ1) is 11.0. The van der Waals surface area contributed by atoms with Gasteiger partial charge in [0.1, 0.15) is 6.42 Å². The Balaban J connectivity index is 2.00. The van der Waals surface area contributed by atoms with Gasteiger partial charge in [-0.05, 0) is 60.7 Å². The molecule has 2 aromatic rings. The lowest BCUT2D eigenvalue weighted by molar-refractivity contribution is -0.126. The Morgan fingerprint density at radius 2 is 1.09 bits per heavy atom. The maximum Gasteiger partial charge on any atom is 0.242 e. The molecule has 0 aliphatic carbocycles. The van der Waals surface area contributed by atoms with Gasteiger partial charge in [0.05, 0.1) is 11.4 Å². The molecule has 23 heavy (non-hydrogen) atoms. The van der Waals surface area contributed by atoms with E-state index in [4.69, 9.17) is 12.2 Å². The van der Waals surface area contributed by atoms with E-state index >= 15 is 0 Å². The lowest BCUT2D eigenvalue weighted by atomic mass is 10.2. The first-order valence-electron chi connectivity index (χ1n) is 6.68. The number of benzene rings is 2. The van der Waals surface area contributed by atoms with Gasteiger partial charge in [-0.15, -0.1) is 0 Å². The van der Waals surface area contributed by atoms with E-state index in [0.717, 1.165) is 8.95 Å². The Morgan fingerprint density at radius 3 is 1.43 bits per heavy atom. The highest BCUT2D eigenvalue weighted by atomic mass is 79.9. The van der Waals surface area contributed by atoms with E-state index in [9.17, 15) is 9.59 Å². The molecule has 116 valence electrons. The summed E-state index contributed by atoms with van der Waals surface area (Å²) in [4.78, 5) is 27.4. The highest BCUT2D eigenvalue weighted by molar-refractivity contribution is 9.10. The van der Waals surface area contributed by atoms with Gasteiger partial charge >= 0.3 is 0 Å². The summed E-state index contributed by atoms with van der Waals surface area (Å²) in [5.41, 5.74) is 1.27. The zero-order chi connectivity index (χ0) is 16.6. The number of halogens is 2. The van der Waals surface area contributed by atoms with E-state index in [1.807, 2.05) is 24.3 Å². The van der Waals surface area contributed by atoms with E-state index in [0.29, 0.717) is 11.4 Å². The van der Waals surface area contributed by atoms with Gasteiger partial charge < -0.3 is 0 Å². The van der Waals surface area contributed by atoms with Crippen molar-refractivity contribution in [3.63, 3.8) is 0 Å². The van der Waals surface area contributed by atoms with Crippen molar-refractivity contribution in [2.75, 3.05) is 9.80 Å². The molecule has 0 unspecified atom stereocenters. The molecule has 1 aliphatic heterocycles. The molecule has 0 radical (unpaired) electrons. The molecule has 1 heterocycles. The number of nitrogens with zero attached hydrogens (tertiary/aromatic N) is 2. The smallest absolute Gasteiger partial charge is 0.242 e. The van der Waals surface area contributed by atoms with Gasteiger partial charge in [-0.25, -0.2) is 0 Å². The number of carbonyl (C=O) groups excluding carboxylic acids is 2. The minimum atomic E-state index is -0.323. The van der Waals surface area contributed by atoms with Crippen molar-refractivity contribution in [3.05, 3.63) is 57.5 Å². The molecule has 0 atom stereocenters. The van der Waals surface area contributed by atoms with E-state index in [-0.39, 0.29) is 23.3 Å². The summed E-state index contributed by atoms with van der Waals surface area (Å²) in [5.74, 6) is -0.647. The molecule has 3 rings (SSSR count). The Bertz CT molecular complexity index is 725. The summed E-state index contributed by atoms with van der Waals surface area (Å²) < 4.78 is 1.80. The summed E-state index contributed by atoms with van der Waals surface area (Å²) in [7, 11) is 0. The first kappa shape index (κ1) is 16.3. The second kappa shape index (κ2) is 6.51. The molecule has 1 aliphatic rings. The molecule has 7 heteroatoms. The monoisotopic (exact) mass is 452 g/mol. The third kappa shape index (κ3) is 3.22. The zero-order valence-electron chi connectivity index (χ0n) is 11.7. The van der Waals surface area contributed by atoms with E-state index in [1.165, 1.54) is 9.80 Å². The standard InChI is InChI=1S/C16H10Br2N2O2S/c17-10-1-5-12(6-2-10)19-14(21)9-15(22)20(16(19)23)13-7-3-11(18)4-8-13/h1-8H,9H2. The Morgan fingerprint density at radius 1 is 0.739 bits per heavy atom. The van der Waals surface area contributed by atoms with Crippen molar-refractivity contribution in [2.45, 2.75) is 6.42 Å². The molecule has 2 aromatic carbocycles. The van der Waals surface area contributed by atoms with E-state index in [1.54, 1.807) is 24.3 Å². The number of amides is 2. The van der Waals surface area contributed by atoms with Crippen LogP contribution in [-0.2, 0) is 9.59 Å². The highest BCUT2D eigenvalue weighted by Crippen LogP contribution is 2.28. The van der Waals surface area contributed by atoms with Crippen molar-refractivity contribution in [1.82, 2.24) is 0 Å². The van der Waals surface area contributed by atoms with Crippen molar-refractivity contribution >= 4 is 72.4 Å². The molecular formula is C16H10Br2N2O2S. The van der Waals surface area contributed by atoms with Crippen LogP contribution in [-0.4, -0.2) is 16.9 Å². The van der Waals surface area contributed by atoms with Crippen LogP contribution in [0, 0.1) is 0 Å². The molecule has 0 aromatic heterocycles. The fraction of sp³-hybridized carbons (Fsp3) is 0.0625. The van der Waals surface area contributed by atoms with Gasteiger partial charge in [0, 0.05) is 8.95 Å². The lowest BCUT2D eigenvalue weighted by Crippen LogP contribution is -2.55. The molecule has 0 spiro atoms. The van der Waals surface area contributed by atoms with Crippen molar-refractivity contribution in [3.8, 4) is 0 Å². The third-order valence-corrected chi connectivity index (χ3v) is 4.78. The maximum atomic E-state index is 12.3. The predicted octanol–water partition coefficient (Wildman–Crippen LogP) is 4.27. The van der Waals surface area contributed by atoms with Crippen LogP contribution >= 0.6 is 44.1 Å². The number of rotatable bonds is 2. The van der Waals surface area contributed by atoms with Crippen LogP contribution in [0.5, 0.6) is 0 Å². The quantitative estimate of drug-likeness (QED) is 0.503. The number of anilines is 2. The SMILES string of the molecule is O=C1CC(=O)N(c2ccc(Br)cc2)C(=S)N1c1ccc(Br)cc1. The van der Waals surface area contributed by atoms with Crippen LogP contribution in [0.25, 0.3) is 0 Å². The maximum absolute atomic E-state index is 12.3. The number of hydrogen-bond acceptors (Lipinski definition) is 3. The zero-order valence-corrected chi connectivity index (χ0v) is 15.7. The fourth-order valence-corrected chi connectivity index (χ4v) is 3.23. The predicted molar refractivity (Wildman–Crippen MR) is 100 cm³/mol. The molecule has 4 nitrogen and oxygen atoms in total. The van der Waals surface area contributed by atoms with E-state index in [2.05, 4.69) is 31.9 Å².